The van der Waals surface area contributed by atoms with Gasteiger partial charge >= 0.3 is 5.97 Å². The monoisotopic (exact) mass is 418 g/mol. The van der Waals surface area contributed by atoms with Crippen LogP contribution in [0.1, 0.15) is 11.1 Å². The third-order valence-corrected chi connectivity index (χ3v) is 4.14. The van der Waals surface area contributed by atoms with Crippen LogP contribution in [0.4, 0.5) is 5.69 Å². The Morgan fingerprint density at radius 1 is 1.04 bits per heavy atom. The van der Waals surface area contributed by atoms with Crippen molar-refractivity contribution in [1.82, 2.24) is 0 Å². The van der Waals surface area contributed by atoms with Gasteiger partial charge in [0.1, 0.15) is 0 Å². The molecule has 0 aliphatic carbocycles. The number of benzene rings is 2. The highest BCUT2D eigenvalue weighted by Gasteiger charge is 2.23. The van der Waals surface area contributed by atoms with Gasteiger partial charge in [-0.15, -0.1) is 0 Å². The Balaban J connectivity index is 1.87. The van der Waals surface area contributed by atoms with E-state index in [9.17, 15) is 4.79 Å². The van der Waals surface area contributed by atoms with Crippen LogP contribution >= 0.6 is 22.6 Å². The van der Waals surface area contributed by atoms with E-state index < -0.39 is 5.97 Å². The number of halogens is 1. The highest BCUT2D eigenvalue weighted by atomic mass is 127. The molecule has 0 atom stereocenters. The molecule has 1 heterocycles. The van der Waals surface area contributed by atoms with Gasteiger partial charge in [0, 0.05) is 28.9 Å². The Morgan fingerprint density at radius 3 is 2.30 bits per heavy atom. The number of nitrogens with zero attached hydrogens (tertiary/aromatic N) is 2. The summed E-state index contributed by atoms with van der Waals surface area (Å²) in [5.41, 5.74) is 3.13. The molecule has 23 heavy (non-hydrogen) atoms. The maximum Gasteiger partial charge on any atom is 0.363 e. The van der Waals surface area contributed by atoms with Crippen LogP contribution in [0.3, 0.4) is 0 Å². The molecule has 0 saturated carbocycles. The van der Waals surface area contributed by atoms with Gasteiger partial charge < -0.3 is 9.64 Å². The third kappa shape index (κ3) is 3.61. The van der Waals surface area contributed by atoms with E-state index in [1.165, 1.54) is 0 Å². The second-order valence-corrected chi connectivity index (χ2v) is 6.57. The minimum atomic E-state index is -0.421. The second-order valence-electron chi connectivity index (χ2n) is 5.33. The van der Waals surface area contributed by atoms with E-state index in [1.54, 1.807) is 6.08 Å². The van der Waals surface area contributed by atoms with E-state index in [-0.39, 0.29) is 0 Å². The van der Waals surface area contributed by atoms with Crippen LogP contribution in [-0.2, 0) is 9.53 Å². The highest BCUT2D eigenvalue weighted by molar-refractivity contribution is 14.1. The molecule has 4 nitrogen and oxygen atoms in total. The molecule has 0 spiro atoms. The van der Waals surface area contributed by atoms with Gasteiger partial charge in [-0.3, -0.25) is 0 Å². The summed E-state index contributed by atoms with van der Waals surface area (Å²) in [6, 6.07) is 15.6. The van der Waals surface area contributed by atoms with E-state index in [0.717, 1.165) is 20.4 Å². The minimum Gasteiger partial charge on any atom is -0.402 e. The summed E-state index contributed by atoms with van der Waals surface area (Å²) < 4.78 is 6.38. The van der Waals surface area contributed by atoms with Crippen molar-refractivity contribution in [2.75, 3.05) is 19.0 Å². The van der Waals surface area contributed by atoms with Crippen LogP contribution in [0.25, 0.3) is 6.08 Å². The van der Waals surface area contributed by atoms with Crippen molar-refractivity contribution in [3.8, 4) is 0 Å². The summed E-state index contributed by atoms with van der Waals surface area (Å²) in [5.74, 6) is -0.0715. The average Bonchev–Trinajstić information content (AvgIpc) is 2.89. The molecular weight excluding hydrogens is 403 g/mol. The lowest BCUT2D eigenvalue weighted by Gasteiger charge is -2.11. The summed E-state index contributed by atoms with van der Waals surface area (Å²) in [6.45, 7) is 0. The van der Waals surface area contributed by atoms with Gasteiger partial charge in [0.2, 0.25) is 5.90 Å². The predicted molar refractivity (Wildman–Crippen MR) is 101 cm³/mol. The zero-order chi connectivity index (χ0) is 16.4. The van der Waals surface area contributed by atoms with E-state index >= 15 is 0 Å². The molecule has 0 unspecified atom stereocenters. The van der Waals surface area contributed by atoms with Gasteiger partial charge in [0.05, 0.1) is 0 Å². The molecular formula is C18H15IN2O2. The summed E-state index contributed by atoms with van der Waals surface area (Å²) in [4.78, 5) is 18.3. The summed E-state index contributed by atoms with van der Waals surface area (Å²) in [5, 5.41) is 0. The van der Waals surface area contributed by atoms with Gasteiger partial charge in [-0.2, -0.15) is 0 Å². The smallest absolute Gasteiger partial charge is 0.363 e. The van der Waals surface area contributed by atoms with Crippen molar-refractivity contribution >= 4 is 46.2 Å². The maximum atomic E-state index is 12.0. The fourth-order valence-corrected chi connectivity index (χ4v) is 2.51. The van der Waals surface area contributed by atoms with E-state index in [4.69, 9.17) is 4.74 Å². The van der Waals surface area contributed by atoms with E-state index in [0.29, 0.717) is 11.6 Å². The van der Waals surface area contributed by atoms with Crippen molar-refractivity contribution in [3.05, 3.63) is 68.9 Å². The lowest BCUT2D eigenvalue weighted by atomic mass is 10.1. The fraction of sp³-hybridized carbons (Fsp3) is 0.111. The Labute approximate surface area is 148 Å². The van der Waals surface area contributed by atoms with Crippen LogP contribution < -0.4 is 4.90 Å². The van der Waals surface area contributed by atoms with E-state index in [1.807, 2.05) is 67.5 Å². The third-order valence-electron chi connectivity index (χ3n) is 3.42. The zero-order valence-electron chi connectivity index (χ0n) is 12.8. The van der Waals surface area contributed by atoms with Crippen LogP contribution in [0.5, 0.6) is 0 Å². The molecule has 0 saturated heterocycles. The quantitative estimate of drug-likeness (QED) is 0.434. The van der Waals surface area contributed by atoms with Crippen molar-refractivity contribution in [2.24, 2.45) is 4.99 Å². The number of hydrogen-bond acceptors (Lipinski definition) is 4. The number of rotatable bonds is 3. The van der Waals surface area contributed by atoms with Crippen LogP contribution in [0, 0.1) is 3.57 Å². The first-order valence-electron chi connectivity index (χ1n) is 7.09. The lowest BCUT2D eigenvalue weighted by molar-refractivity contribution is -0.129. The molecule has 0 radical (unpaired) electrons. The molecule has 2 aromatic rings. The average molecular weight is 418 g/mol. The first-order valence-corrected chi connectivity index (χ1v) is 8.17. The van der Waals surface area contributed by atoms with Crippen molar-refractivity contribution in [3.63, 3.8) is 0 Å². The minimum absolute atomic E-state index is 0.316. The Morgan fingerprint density at radius 2 is 1.70 bits per heavy atom. The number of anilines is 1. The number of carbonyl (C=O) groups excluding carboxylic acids is 1. The summed E-state index contributed by atoms with van der Waals surface area (Å²) in [7, 11) is 3.97. The number of carbonyl (C=O) groups is 1. The Hall–Kier alpha value is -2.15. The second kappa shape index (κ2) is 6.54. The number of ether oxygens (including phenoxy) is 1. The molecule has 0 bridgehead atoms. The number of esters is 1. The zero-order valence-corrected chi connectivity index (χ0v) is 14.9. The molecule has 0 fully saturated rings. The normalized spacial score (nSPS) is 15.5. The Kier molecular flexibility index (Phi) is 4.47. The summed E-state index contributed by atoms with van der Waals surface area (Å²) in [6.07, 6.45) is 1.74. The highest BCUT2D eigenvalue weighted by Crippen LogP contribution is 2.21. The largest absolute Gasteiger partial charge is 0.402 e. The SMILES string of the molecule is CN(C)c1ccc(/C=C2\N=C(c3ccc(I)cc3)OC2=O)cc1. The number of aliphatic imine (C=N–C) groups is 1. The Bertz CT molecular complexity index is 791. The molecule has 1 aliphatic heterocycles. The van der Waals surface area contributed by atoms with E-state index in [2.05, 4.69) is 27.6 Å². The molecule has 0 N–H and O–H groups in total. The molecule has 0 aromatic heterocycles. The molecule has 116 valence electrons. The fourth-order valence-electron chi connectivity index (χ4n) is 2.15. The number of cyclic esters (lactones) is 1. The molecule has 2 aromatic carbocycles. The standard InChI is InChI=1S/C18H15IN2O2/c1-21(2)15-9-3-12(4-10-15)11-16-18(22)23-17(20-16)13-5-7-14(19)8-6-13/h3-11H,1-2H3/b16-11-. The van der Waals surface area contributed by atoms with Gasteiger partial charge in [0.15, 0.2) is 5.70 Å². The number of hydrogen-bond donors (Lipinski definition) is 0. The van der Waals surface area contributed by atoms with Crippen LogP contribution in [-0.4, -0.2) is 26.0 Å². The topological polar surface area (TPSA) is 41.9 Å². The van der Waals surface area contributed by atoms with Crippen molar-refractivity contribution in [2.45, 2.75) is 0 Å². The van der Waals surface area contributed by atoms with Gasteiger partial charge in [0.25, 0.3) is 0 Å². The van der Waals surface area contributed by atoms with Crippen LogP contribution in [0.2, 0.25) is 0 Å². The summed E-state index contributed by atoms with van der Waals surface area (Å²) >= 11 is 2.23. The molecule has 3 rings (SSSR count). The maximum absolute atomic E-state index is 12.0. The van der Waals surface area contributed by atoms with Crippen LogP contribution in [0.15, 0.2) is 59.2 Å². The van der Waals surface area contributed by atoms with Gasteiger partial charge in [-0.1, -0.05) is 12.1 Å². The molecule has 5 heteroatoms. The molecule has 0 amide bonds. The van der Waals surface area contributed by atoms with Crippen molar-refractivity contribution in [1.29, 1.82) is 0 Å². The molecule has 1 aliphatic rings. The van der Waals surface area contributed by atoms with Gasteiger partial charge in [-0.05, 0) is 70.6 Å². The first kappa shape index (κ1) is 15.7. The lowest BCUT2D eigenvalue weighted by Crippen LogP contribution is -2.08. The van der Waals surface area contributed by atoms with Crippen molar-refractivity contribution < 1.29 is 9.53 Å². The van der Waals surface area contributed by atoms with Gasteiger partial charge in [-0.25, -0.2) is 9.79 Å². The first-order chi connectivity index (χ1) is 11.0. The predicted octanol–water partition coefficient (Wildman–Crippen LogP) is 3.70.